The molecule has 12 heteroatoms. The molecule has 1 amide bonds. The molecule has 2 saturated heterocycles. The minimum atomic E-state index is -0.392. The highest BCUT2D eigenvalue weighted by Gasteiger charge is 2.52. The molecule has 226 valence electrons. The first-order valence-corrected chi connectivity index (χ1v) is 14.7. The van der Waals surface area contributed by atoms with Crippen LogP contribution in [0.3, 0.4) is 0 Å². The maximum Gasteiger partial charge on any atom is 0.309 e. The number of likely N-dealkylation sites (N-methyl/N-ethyl adjacent to an activating group) is 1. The number of esters is 1. The Balaban J connectivity index is 1.02. The number of fused-ring (bicyclic) bond motifs is 5. The molecule has 8 rings (SSSR count). The fourth-order valence-corrected chi connectivity index (χ4v) is 6.70. The first kappa shape index (κ1) is 27.8. The molecule has 0 radical (unpaired) electrons. The molecule has 5 aliphatic rings. The molecule has 3 aromatic heterocycles. The molecule has 11 nitrogen and oxygen atoms in total. The summed E-state index contributed by atoms with van der Waals surface area (Å²) in [6.07, 6.45) is 6.63. The number of rotatable bonds is 9. The SMILES string of the molecule is COC(=O)C1CC1COc1ccc2ncc(F)c(CCC34CCC(N(C)c5ccc6c(n5)NC(=O)CO6)(CC3)CO4)c2n1. The van der Waals surface area contributed by atoms with Crippen LogP contribution in [-0.2, 0) is 25.5 Å². The zero-order chi connectivity index (χ0) is 29.8. The Morgan fingerprint density at radius 1 is 1.19 bits per heavy atom. The van der Waals surface area contributed by atoms with E-state index in [4.69, 9.17) is 18.9 Å². The average molecular weight is 592 g/mol. The summed E-state index contributed by atoms with van der Waals surface area (Å²) < 4.78 is 37.9. The fourth-order valence-electron chi connectivity index (χ4n) is 6.70. The van der Waals surface area contributed by atoms with Crippen molar-refractivity contribution in [2.24, 2.45) is 11.8 Å². The van der Waals surface area contributed by atoms with E-state index in [0.29, 0.717) is 60.1 Å². The lowest BCUT2D eigenvalue weighted by molar-refractivity contribution is -0.156. The Morgan fingerprint density at radius 2 is 2.02 bits per heavy atom. The normalized spacial score (nSPS) is 27.2. The highest BCUT2D eigenvalue weighted by atomic mass is 19.1. The first-order valence-electron chi connectivity index (χ1n) is 14.7. The molecule has 3 aromatic rings. The van der Waals surface area contributed by atoms with Gasteiger partial charge in [-0.25, -0.2) is 14.4 Å². The summed E-state index contributed by atoms with van der Waals surface area (Å²) in [5.41, 5.74) is 1.06. The van der Waals surface area contributed by atoms with Gasteiger partial charge in [-0.3, -0.25) is 14.6 Å². The second-order valence-electron chi connectivity index (χ2n) is 12.1. The molecule has 2 unspecified atom stereocenters. The van der Waals surface area contributed by atoms with Gasteiger partial charge in [0.2, 0.25) is 5.88 Å². The van der Waals surface area contributed by atoms with Gasteiger partial charge in [0.25, 0.3) is 5.91 Å². The van der Waals surface area contributed by atoms with E-state index >= 15 is 4.39 Å². The van der Waals surface area contributed by atoms with Crippen molar-refractivity contribution in [2.75, 3.05) is 44.2 Å². The van der Waals surface area contributed by atoms with E-state index in [1.165, 1.54) is 13.3 Å². The van der Waals surface area contributed by atoms with Crippen LogP contribution in [0.1, 0.15) is 44.1 Å². The second-order valence-corrected chi connectivity index (χ2v) is 12.1. The van der Waals surface area contributed by atoms with E-state index in [0.717, 1.165) is 37.9 Å². The van der Waals surface area contributed by atoms with Crippen molar-refractivity contribution in [1.82, 2.24) is 15.0 Å². The van der Waals surface area contributed by atoms with Crippen molar-refractivity contribution in [2.45, 2.75) is 56.1 Å². The van der Waals surface area contributed by atoms with Gasteiger partial charge in [-0.1, -0.05) is 0 Å². The Kier molecular flexibility index (Phi) is 6.83. The number of pyridine rings is 3. The van der Waals surface area contributed by atoms with Crippen molar-refractivity contribution in [3.05, 3.63) is 41.8 Å². The molecular weight excluding hydrogens is 557 g/mol. The third-order valence-corrected chi connectivity index (χ3v) is 9.70. The number of hydrogen-bond acceptors (Lipinski definition) is 10. The molecule has 2 saturated carbocycles. The van der Waals surface area contributed by atoms with Crippen LogP contribution in [-0.4, -0.2) is 71.9 Å². The lowest BCUT2D eigenvalue weighted by Crippen LogP contribution is -2.62. The van der Waals surface area contributed by atoms with Crippen molar-refractivity contribution in [3.63, 3.8) is 0 Å². The third-order valence-electron chi connectivity index (χ3n) is 9.70. The molecule has 1 N–H and O–H groups in total. The molecule has 6 heterocycles. The number of aryl methyl sites for hydroxylation is 1. The predicted molar refractivity (Wildman–Crippen MR) is 154 cm³/mol. The van der Waals surface area contributed by atoms with Crippen LogP contribution in [0.5, 0.6) is 11.6 Å². The zero-order valence-electron chi connectivity index (χ0n) is 24.2. The van der Waals surface area contributed by atoms with E-state index in [-0.39, 0.29) is 41.5 Å². The molecule has 2 atom stereocenters. The molecule has 3 aliphatic heterocycles. The summed E-state index contributed by atoms with van der Waals surface area (Å²) in [4.78, 5) is 39.2. The van der Waals surface area contributed by atoms with Crippen LogP contribution < -0.4 is 19.7 Å². The van der Waals surface area contributed by atoms with E-state index in [2.05, 4.69) is 25.2 Å². The van der Waals surface area contributed by atoms with Gasteiger partial charge in [-0.15, -0.1) is 0 Å². The van der Waals surface area contributed by atoms with Crippen LogP contribution in [0.2, 0.25) is 0 Å². The third kappa shape index (κ3) is 5.11. The van der Waals surface area contributed by atoms with Crippen LogP contribution in [0.25, 0.3) is 11.0 Å². The molecular formula is C31H34FN5O6. The lowest BCUT2D eigenvalue weighted by Gasteiger charge is -2.56. The number of carbonyl (C=O) groups is 2. The maximum atomic E-state index is 15.2. The fraction of sp³-hybridized carbons (Fsp3) is 0.516. The smallest absolute Gasteiger partial charge is 0.309 e. The lowest BCUT2D eigenvalue weighted by atomic mass is 9.68. The topological polar surface area (TPSA) is 125 Å². The van der Waals surface area contributed by atoms with Gasteiger partial charge in [0, 0.05) is 24.6 Å². The van der Waals surface area contributed by atoms with Gasteiger partial charge in [0.15, 0.2) is 18.2 Å². The minimum Gasteiger partial charge on any atom is -0.480 e. The van der Waals surface area contributed by atoms with Crippen LogP contribution >= 0.6 is 0 Å². The van der Waals surface area contributed by atoms with Gasteiger partial charge in [-0.2, -0.15) is 0 Å². The first-order chi connectivity index (χ1) is 20.8. The standard InChI is InChI=1S/C31H34FN5O6/c1-37(24-5-4-23-28(34-24)35-25(38)16-41-23)30-9-11-31(12-10-30,43-17-30)8-7-19-21(32)14-33-22-3-6-26(36-27(19)22)42-15-18-13-20(18)29(39)40-2/h3-6,14,18,20H,7-13,15-17H2,1-2H3,(H,34,35,38). The van der Waals surface area contributed by atoms with Crippen molar-refractivity contribution < 1.29 is 32.9 Å². The number of halogens is 1. The Bertz CT molecular complexity index is 1580. The molecule has 0 aromatic carbocycles. The Hall–Kier alpha value is -4.06. The van der Waals surface area contributed by atoms with E-state index in [9.17, 15) is 9.59 Å². The van der Waals surface area contributed by atoms with Gasteiger partial charge in [-0.05, 0) is 63.1 Å². The zero-order valence-corrected chi connectivity index (χ0v) is 24.2. The summed E-state index contributed by atoms with van der Waals surface area (Å²) in [6.45, 7) is 0.884. The monoisotopic (exact) mass is 591 g/mol. The highest BCUT2D eigenvalue weighted by Crippen LogP contribution is 2.49. The number of anilines is 2. The van der Waals surface area contributed by atoms with E-state index < -0.39 is 5.82 Å². The number of nitrogens with one attached hydrogen (secondary N) is 1. The summed E-state index contributed by atoms with van der Waals surface area (Å²) >= 11 is 0. The number of aromatic nitrogens is 3. The minimum absolute atomic E-state index is 0.00674. The van der Waals surface area contributed by atoms with Crippen molar-refractivity contribution in [1.29, 1.82) is 0 Å². The van der Waals surface area contributed by atoms with Gasteiger partial charge in [0.05, 0.1) is 54.6 Å². The summed E-state index contributed by atoms with van der Waals surface area (Å²) in [6, 6.07) is 7.26. The Morgan fingerprint density at radius 3 is 2.79 bits per heavy atom. The van der Waals surface area contributed by atoms with Gasteiger partial charge >= 0.3 is 5.97 Å². The molecule has 2 bridgehead atoms. The second kappa shape index (κ2) is 10.6. The molecule has 4 fully saturated rings. The number of carbonyl (C=O) groups excluding carboxylic acids is 2. The molecule has 0 spiro atoms. The van der Waals surface area contributed by atoms with Crippen LogP contribution in [0.4, 0.5) is 16.0 Å². The van der Waals surface area contributed by atoms with Crippen LogP contribution in [0.15, 0.2) is 30.5 Å². The van der Waals surface area contributed by atoms with E-state index in [1.54, 1.807) is 12.1 Å². The van der Waals surface area contributed by atoms with Crippen LogP contribution in [0, 0.1) is 17.7 Å². The van der Waals surface area contributed by atoms with Gasteiger partial charge < -0.3 is 29.2 Å². The number of hydrogen-bond donors (Lipinski definition) is 1. The molecule has 2 aliphatic carbocycles. The largest absolute Gasteiger partial charge is 0.480 e. The Labute approximate surface area is 248 Å². The summed E-state index contributed by atoms with van der Waals surface area (Å²) in [7, 11) is 3.41. The number of ether oxygens (including phenoxy) is 4. The number of nitrogens with zero attached hydrogens (tertiary/aromatic N) is 4. The predicted octanol–water partition coefficient (Wildman–Crippen LogP) is 3.83. The summed E-state index contributed by atoms with van der Waals surface area (Å²) in [5, 5.41) is 2.78. The highest BCUT2D eigenvalue weighted by molar-refractivity contribution is 5.94. The average Bonchev–Trinajstić information content (AvgIpc) is 3.83. The number of amides is 1. The quantitative estimate of drug-likeness (QED) is 0.367. The maximum absolute atomic E-state index is 15.2. The summed E-state index contributed by atoms with van der Waals surface area (Å²) in [5.74, 6) is 1.29. The van der Waals surface area contributed by atoms with E-state index in [1.807, 2.05) is 19.2 Å². The number of methoxy groups -OCH3 is 1. The van der Waals surface area contributed by atoms with Crippen molar-refractivity contribution >= 4 is 34.5 Å². The van der Waals surface area contributed by atoms with Crippen molar-refractivity contribution in [3.8, 4) is 11.6 Å². The molecule has 43 heavy (non-hydrogen) atoms. The van der Waals surface area contributed by atoms with Gasteiger partial charge in [0.1, 0.15) is 11.6 Å².